The number of aromatic nitrogens is 1. The Balaban J connectivity index is 2.17. The molecule has 0 spiro atoms. The molecule has 1 aromatic carbocycles. The fourth-order valence-electron chi connectivity index (χ4n) is 2.71. The second-order valence-electron chi connectivity index (χ2n) is 5.32. The Kier molecular flexibility index (Phi) is 3.69. The highest BCUT2D eigenvalue weighted by molar-refractivity contribution is 7.89. The van der Waals surface area contributed by atoms with Gasteiger partial charge in [0.05, 0.1) is 23.6 Å². The van der Waals surface area contributed by atoms with Gasteiger partial charge >= 0.3 is 0 Å². The number of aryl methyl sites for hydroxylation is 1. The van der Waals surface area contributed by atoms with Crippen LogP contribution in [-0.4, -0.2) is 43.5 Å². The maximum atomic E-state index is 13.0. The standard InChI is InChI=1S/C15H18N2O3S/c1-11-5-6-14(13-4-3-7-16-15(11)13)21(18,19)17-8-9-20-10-12(17)2/h3-7,12H,8-10H2,1-2H3/t12-/m0/s1. The Morgan fingerprint density at radius 1 is 1.33 bits per heavy atom. The molecule has 5 nitrogen and oxygen atoms in total. The van der Waals surface area contributed by atoms with Crippen molar-refractivity contribution < 1.29 is 13.2 Å². The molecular weight excluding hydrogens is 288 g/mol. The first-order valence-electron chi connectivity index (χ1n) is 6.96. The molecule has 1 aliphatic heterocycles. The molecule has 21 heavy (non-hydrogen) atoms. The topological polar surface area (TPSA) is 59.5 Å². The van der Waals surface area contributed by atoms with Crippen LogP contribution in [0.15, 0.2) is 35.4 Å². The van der Waals surface area contributed by atoms with Crippen LogP contribution in [0.2, 0.25) is 0 Å². The summed E-state index contributed by atoms with van der Waals surface area (Å²) < 4.78 is 32.8. The van der Waals surface area contributed by atoms with Crippen molar-refractivity contribution in [1.82, 2.24) is 9.29 Å². The van der Waals surface area contributed by atoms with Crippen LogP contribution in [0, 0.1) is 6.92 Å². The Morgan fingerprint density at radius 2 is 2.14 bits per heavy atom. The Morgan fingerprint density at radius 3 is 2.90 bits per heavy atom. The second kappa shape index (κ2) is 5.36. The molecule has 0 amide bonds. The molecule has 2 heterocycles. The highest BCUT2D eigenvalue weighted by Crippen LogP contribution is 2.28. The summed E-state index contributed by atoms with van der Waals surface area (Å²) >= 11 is 0. The minimum atomic E-state index is -3.54. The number of ether oxygens (including phenoxy) is 1. The Bertz CT molecular complexity index is 774. The number of rotatable bonds is 2. The van der Waals surface area contributed by atoms with Crippen molar-refractivity contribution in [3.05, 3.63) is 36.0 Å². The largest absolute Gasteiger partial charge is 0.378 e. The first-order chi connectivity index (χ1) is 10.0. The predicted molar refractivity (Wildman–Crippen MR) is 80.7 cm³/mol. The number of pyridine rings is 1. The summed E-state index contributed by atoms with van der Waals surface area (Å²) in [6.07, 6.45) is 1.68. The van der Waals surface area contributed by atoms with Gasteiger partial charge in [0.2, 0.25) is 10.0 Å². The van der Waals surface area contributed by atoms with Gasteiger partial charge in [-0.2, -0.15) is 4.31 Å². The molecule has 1 saturated heterocycles. The van der Waals surface area contributed by atoms with Gasteiger partial charge in [-0.05, 0) is 37.6 Å². The quantitative estimate of drug-likeness (QED) is 0.851. The molecule has 0 aliphatic carbocycles. The van der Waals surface area contributed by atoms with Crippen molar-refractivity contribution in [2.24, 2.45) is 0 Å². The van der Waals surface area contributed by atoms with Crippen molar-refractivity contribution in [3.63, 3.8) is 0 Å². The summed E-state index contributed by atoms with van der Waals surface area (Å²) in [6.45, 7) is 5.06. The Labute approximate surface area is 124 Å². The van der Waals surface area contributed by atoms with Crippen LogP contribution in [0.25, 0.3) is 10.9 Å². The van der Waals surface area contributed by atoms with E-state index in [9.17, 15) is 8.42 Å². The lowest BCUT2D eigenvalue weighted by atomic mass is 10.1. The average Bonchev–Trinajstić information content (AvgIpc) is 2.48. The molecule has 2 aromatic rings. The third-order valence-electron chi connectivity index (χ3n) is 3.82. The van der Waals surface area contributed by atoms with Crippen LogP contribution in [0.4, 0.5) is 0 Å². The van der Waals surface area contributed by atoms with E-state index in [1.807, 2.05) is 26.0 Å². The minimum Gasteiger partial charge on any atom is -0.378 e. The average molecular weight is 306 g/mol. The minimum absolute atomic E-state index is 0.156. The molecule has 3 rings (SSSR count). The van der Waals surface area contributed by atoms with Crippen molar-refractivity contribution in [2.45, 2.75) is 24.8 Å². The smallest absolute Gasteiger partial charge is 0.244 e. The molecule has 0 bridgehead atoms. The molecule has 6 heteroatoms. The predicted octanol–water partition coefficient (Wildman–Crippen LogP) is 1.95. The van der Waals surface area contributed by atoms with Crippen LogP contribution in [0.1, 0.15) is 12.5 Å². The van der Waals surface area contributed by atoms with Crippen LogP contribution >= 0.6 is 0 Å². The van der Waals surface area contributed by atoms with E-state index in [0.717, 1.165) is 11.1 Å². The van der Waals surface area contributed by atoms with Gasteiger partial charge in [-0.15, -0.1) is 0 Å². The van der Waals surface area contributed by atoms with E-state index >= 15 is 0 Å². The third-order valence-corrected chi connectivity index (χ3v) is 5.90. The molecule has 0 unspecified atom stereocenters. The summed E-state index contributed by atoms with van der Waals surface area (Å²) in [5.41, 5.74) is 1.71. The lowest BCUT2D eigenvalue weighted by Gasteiger charge is -2.32. The van der Waals surface area contributed by atoms with E-state index in [4.69, 9.17) is 4.74 Å². The second-order valence-corrected chi connectivity index (χ2v) is 7.18. The van der Waals surface area contributed by atoms with Crippen molar-refractivity contribution in [2.75, 3.05) is 19.8 Å². The summed E-state index contributed by atoms with van der Waals surface area (Å²) in [7, 11) is -3.54. The Hall–Kier alpha value is -1.50. The monoisotopic (exact) mass is 306 g/mol. The van der Waals surface area contributed by atoms with E-state index in [1.165, 1.54) is 4.31 Å². The van der Waals surface area contributed by atoms with Gasteiger partial charge < -0.3 is 4.74 Å². The number of nitrogens with zero attached hydrogens (tertiary/aromatic N) is 2. The lowest BCUT2D eigenvalue weighted by molar-refractivity contribution is 0.0393. The number of morpholine rings is 1. The number of hydrogen-bond acceptors (Lipinski definition) is 4. The van der Waals surface area contributed by atoms with Crippen molar-refractivity contribution in [3.8, 4) is 0 Å². The lowest BCUT2D eigenvalue weighted by Crippen LogP contribution is -2.46. The number of fused-ring (bicyclic) bond motifs is 1. The molecule has 0 radical (unpaired) electrons. The third kappa shape index (κ3) is 2.43. The van der Waals surface area contributed by atoms with Gasteiger partial charge in [0, 0.05) is 24.2 Å². The molecule has 1 aromatic heterocycles. The molecule has 1 fully saturated rings. The van der Waals surface area contributed by atoms with Gasteiger partial charge in [0.1, 0.15) is 0 Å². The van der Waals surface area contributed by atoms with E-state index in [2.05, 4.69) is 4.98 Å². The van der Waals surface area contributed by atoms with Gasteiger partial charge in [0.25, 0.3) is 0 Å². The number of sulfonamides is 1. The molecule has 1 aliphatic rings. The van der Waals surface area contributed by atoms with Crippen LogP contribution in [-0.2, 0) is 14.8 Å². The van der Waals surface area contributed by atoms with Gasteiger partial charge in [-0.25, -0.2) is 8.42 Å². The molecule has 0 N–H and O–H groups in total. The molecule has 112 valence electrons. The van der Waals surface area contributed by atoms with Crippen LogP contribution < -0.4 is 0 Å². The normalized spacial score (nSPS) is 20.8. The summed E-state index contributed by atoms with van der Waals surface area (Å²) in [5, 5.41) is 0.677. The van der Waals surface area contributed by atoms with E-state index in [1.54, 1.807) is 18.3 Å². The van der Waals surface area contributed by atoms with Crippen LogP contribution in [0.5, 0.6) is 0 Å². The summed E-state index contributed by atoms with van der Waals surface area (Å²) in [6, 6.07) is 6.91. The fourth-order valence-corrected chi connectivity index (χ4v) is 4.49. The zero-order valence-electron chi connectivity index (χ0n) is 12.1. The highest BCUT2D eigenvalue weighted by atomic mass is 32.2. The van der Waals surface area contributed by atoms with Gasteiger partial charge in [0.15, 0.2) is 0 Å². The number of benzene rings is 1. The maximum Gasteiger partial charge on any atom is 0.244 e. The molecule has 1 atom stereocenters. The van der Waals surface area contributed by atoms with Crippen LogP contribution in [0.3, 0.4) is 0 Å². The molecular formula is C15H18N2O3S. The zero-order chi connectivity index (χ0) is 15.0. The first kappa shape index (κ1) is 14.4. The molecule has 0 saturated carbocycles. The highest BCUT2D eigenvalue weighted by Gasteiger charge is 2.32. The van der Waals surface area contributed by atoms with Gasteiger partial charge in [-0.1, -0.05) is 6.07 Å². The summed E-state index contributed by atoms with van der Waals surface area (Å²) in [4.78, 5) is 4.64. The van der Waals surface area contributed by atoms with Crippen molar-refractivity contribution in [1.29, 1.82) is 0 Å². The van der Waals surface area contributed by atoms with E-state index < -0.39 is 10.0 Å². The zero-order valence-corrected chi connectivity index (χ0v) is 12.9. The fraction of sp³-hybridized carbons (Fsp3) is 0.400. The number of hydrogen-bond donors (Lipinski definition) is 0. The maximum absolute atomic E-state index is 13.0. The van der Waals surface area contributed by atoms with Gasteiger partial charge in [-0.3, -0.25) is 4.98 Å². The first-order valence-corrected chi connectivity index (χ1v) is 8.40. The van der Waals surface area contributed by atoms with Crippen molar-refractivity contribution >= 4 is 20.9 Å². The van der Waals surface area contributed by atoms with E-state index in [-0.39, 0.29) is 6.04 Å². The SMILES string of the molecule is Cc1ccc(S(=O)(=O)N2CCOC[C@@H]2C)c2cccnc12. The summed E-state index contributed by atoms with van der Waals surface area (Å²) in [5.74, 6) is 0. The van der Waals surface area contributed by atoms with E-state index in [0.29, 0.717) is 30.0 Å².